The third-order valence-electron chi connectivity index (χ3n) is 7.83. The molecule has 1 aromatic rings. The Morgan fingerprint density at radius 3 is 2.26 bits per heavy atom. The lowest BCUT2D eigenvalue weighted by Crippen LogP contribution is -2.80. The minimum absolute atomic E-state index is 0.0149. The number of amides is 7. The minimum Gasteiger partial charge on any atom is -0.478 e. The molecule has 0 saturated carbocycles. The summed E-state index contributed by atoms with van der Waals surface area (Å²) in [4.78, 5) is 116. The first kappa shape index (κ1) is 34.7. The van der Waals surface area contributed by atoms with Gasteiger partial charge in [-0.1, -0.05) is 6.07 Å². The van der Waals surface area contributed by atoms with Crippen LogP contribution in [-0.4, -0.2) is 115 Å². The molecule has 3 heterocycles. The highest BCUT2D eigenvalue weighted by Crippen LogP contribution is 2.55. The van der Waals surface area contributed by atoms with Gasteiger partial charge in [0.15, 0.2) is 11.5 Å². The number of nitrogens with zero attached hydrogens (tertiary/aromatic N) is 3. The van der Waals surface area contributed by atoms with Gasteiger partial charge in [0.05, 0.1) is 4.75 Å². The zero-order valence-corrected chi connectivity index (χ0v) is 26.7. The van der Waals surface area contributed by atoms with Crippen molar-refractivity contribution in [3.05, 3.63) is 23.8 Å². The number of likely N-dealkylation sites (N-methyl/N-ethyl adjacent to an activating group) is 1. The van der Waals surface area contributed by atoms with Crippen LogP contribution >= 0.6 is 11.8 Å². The van der Waals surface area contributed by atoms with Gasteiger partial charge in [-0.05, 0) is 38.5 Å². The standard InChI is InChI=1S/C28H32N6O12S/c1-6-32-9-10-33(23(41)22(32)40)26(44)30-18(15-7-8-16(45-13(2)36)17(11-15)46-14(3)37)20(38)31-28(25(42)43)27(4,5)47-24-19(29-12-35)21(39)34(24)28/h7-8,11-12,18-19,24H,6,9-10H2,1-5H3,(H,29,35)(H,30,44)(H,31,38)(H,42,43)/t18?,19-,24+,28-/m0/s1. The SMILES string of the molecule is CCN1CCN(C(=O)NC(C(=O)N[C@@]2(C(=O)O)N3C(=O)[C@H](NC=O)[C@H]3SC2(C)C)c2ccc(OC(C)=O)c(OC(C)=O)c2)C(=O)C1=O. The first-order chi connectivity index (χ1) is 22.0. The summed E-state index contributed by atoms with van der Waals surface area (Å²) in [6.07, 6.45) is 0.297. The van der Waals surface area contributed by atoms with Gasteiger partial charge >= 0.3 is 35.8 Å². The van der Waals surface area contributed by atoms with Gasteiger partial charge in [-0.3, -0.25) is 43.4 Å². The Labute approximate surface area is 271 Å². The van der Waals surface area contributed by atoms with Gasteiger partial charge in [0.25, 0.3) is 5.91 Å². The van der Waals surface area contributed by atoms with Crippen molar-refractivity contribution in [2.24, 2.45) is 0 Å². The largest absolute Gasteiger partial charge is 0.478 e. The van der Waals surface area contributed by atoms with Crippen LogP contribution in [0.15, 0.2) is 18.2 Å². The fourth-order valence-corrected chi connectivity index (χ4v) is 7.28. The van der Waals surface area contributed by atoms with Crippen LogP contribution in [0.1, 0.15) is 46.2 Å². The van der Waals surface area contributed by atoms with Crippen molar-refractivity contribution in [1.82, 2.24) is 30.7 Å². The summed E-state index contributed by atoms with van der Waals surface area (Å²) in [5.41, 5.74) is -2.54. The number of rotatable bonds is 10. The van der Waals surface area contributed by atoms with Gasteiger partial charge in [0, 0.05) is 33.5 Å². The molecule has 1 unspecified atom stereocenters. The number of carbonyl (C=O) groups excluding carboxylic acids is 8. The van der Waals surface area contributed by atoms with Crippen LogP contribution < -0.4 is 25.4 Å². The lowest BCUT2D eigenvalue weighted by molar-refractivity contribution is -0.176. The second-order valence-corrected chi connectivity index (χ2v) is 12.9. The smallest absolute Gasteiger partial charge is 0.352 e. The van der Waals surface area contributed by atoms with E-state index in [-0.39, 0.29) is 36.7 Å². The van der Waals surface area contributed by atoms with E-state index in [1.54, 1.807) is 6.92 Å². The fourth-order valence-electron chi connectivity index (χ4n) is 5.57. The Balaban J connectivity index is 1.77. The Kier molecular flexibility index (Phi) is 9.51. The normalized spacial score (nSPS) is 23.6. The van der Waals surface area contributed by atoms with E-state index in [1.807, 2.05) is 0 Å². The van der Waals surface area contributed by atoms with E-state index < -0.39 is 75.4 Å². The summed E-state index contributed by atoms with van der Waals surface area (Å²) in [6, 6.07) is -0.641. The number of urea groups is 1. The second kappa shape index (κ2) is 12.9. The van der Waals surface area contributed by atoms with Gasteiger partial charge < -0.3 is 35.4 Å². The number of imide groups is 1. The van der Waals surface area contributed by atoms with E-state index in [2.05, 4.69) is 16.0 Å². The van der Waals surface area contributed by atoms with Crippen LogP contribution in [0.25, 0.3) is 0 Å². The van der Waals surface area contributed by atoms with Crippen molar-refractivity contribution < 1.29 is 57.7 Å². The number of hydrogen-bond donors (Lipinski definition) is 4. The molecule has 18 nitrogen and oxygen atoms in total. The number of carbonyl (C=O) groups is 9. The first-order valence-electron chi connectivity index (χ1n) is 14.2. The number of nitrogens with one attached hydrogen (secondary N) is 3. The highest BCUT2D eigenvalue weighted by atomic mass is 32.2. The number of esters is 2. The molecule has 252 valence electrons. The number of fused-ring (bicyclic) bond motifs is 1. The van der Waals surface area contributed by atoms with Crippen molar-refractivity contribution in [3.63, 3.8) is 0 Å². The number of piperazine rings is 1. The molecule has 4 rings (SSSR count). The maximum Gasteiger partial charge on any atom is 0.352 e. The predicted molar refractivity (Wildman–Crippen MR) is 158 cm³/mol. The summed E-state index contributed by atoms with van der Waals surface area (Å²) < 4.78 is 8.80. The number of hydrogen-bond acceptors (Lipinski definition) is 12. The molecular weight excluding hydrogens is 644 g/mol. The van der Waals surface area contributed by atoms with E-state index in [9.17, 15) is 48.3 Å². The number of thioether (sulfide) groups is 1. The topological polar surface area (TPSA) is 238 Å². The van der Waals surface area contributed by atoms with E-state index in [0.29, 0.717) is 11.3 Å². The van der Waals surface area contributed by atoms with Crippen molar-refractivity contribution >= 4 is 65.7 Å². The zero-order valence-electron chi connectivity index (χ0n) is 25.9. The fraction of sp³-hybridized carbons (Fsp3) is 0.464. The molecular formula is C28H32N6O12S. The minimum atomic E-state index is -2.41. The molecule has 0 aliphatic carbocycles. The van der Waals surface area contributed by atoms with Gasteiger partial charge in [-0.25, -0.2) is 9.59 Å². The molecule has 4 atom stereocenters. The third-order valence-corrected chi connectivity index (χ3v) is 9.44. The molecule has 4 N–H and O–H groups in total. The molecule has 0 spiro atoms. The van der Waals surface area contributed by atoms with Crippen LogP contribution in [0, 0.1) is 0 Å². The van der Waals surface area contributed by atoms with Gasteiger partial charge in [0.1, 0.15) is 17.5 Å². The van der Waals surface area contributed by atoms with Crippen LogP contribution in [0.2, 0.25) is 0 Å². The Hall–Kier alpha value is -5.20. The summed E-state index contributed by atoms with van der Waals surface area (Å²) in [5, 5.41) is 16.7. The van der Waals surface area contributed by atoms with E-state index in [0.717, 1.165) is 42.6 Å². The number of β-lactam (4-membered cyclic amide) rings is 1. The van der Waals surface area contributed by atoms with E-state index in [1.165, 1.54) is 24.8 Å². The monoisotopic (exact) mass is 676 g/mol. The zero-order chi connectivity index (χ0) is 35.0. The maximum atomic E-state index is 14.2. The maximum absolute atomic E-state index is 14.2. The van der Waals surface area contributed by atoms with Gasteiger partial charge in [-0.2, -0.15) is 0 Å². The number of aliphatic carboxylic acids is 1. The molecule has 47 heavy (non-hydrogen) atoms. The van der Waals surface area contributed by atoms with Gasteiger partial charge in [0.2, 0.25) is 18.0 Å². The van der Waals surface area contributed by atoms with Crippen molar-refractivity contribution in [2.75, 3.05) is 19.6 Å². The van der Waals surface area contributed by atoms with Crippen LogP contribution in [0.4, 0.5) is 4.79 Å². The molecule has 1 aromatic carbocycles. The summed E-state index contributed by atoms with van der Waals surface area (Å²) in [7, 11) is 0. The Morgan fingerprint density at radius 1 is 1.04 bits per heavy atom. The molecule has 3 saturated heterocycles. The summed E-state index contributed by atoms with van der Waals surface area (Å²) >= 11 is 1.01. The quantitative estimate of drug-likeness (QED) is 0.0741. The molecule has 3 aliphatic heterocycles. The summed E-state index contributed by atoms with van der Waals surface area (Å²) in [6.45, 7) is 6.72. The summed E-state index contributed by atoms with van der Waals surface area (Å²) in [5.74, 6) is -7.90. The molecule has 0 bridgehead atoms. The Bertz CT molecular complexity index is 1580. The van der Waals surface area contributed by atoms with Crippen molar-refractivity contribution in [1.29, 1.82) is 0 Å². The van der Waals surface area contributed by atoms with Crippen LogP contribution in [0.3, 0.4) is 0 Å². The average molecular weight is 677 g/mol. The number of ether oxygens (including phenoxy) is 2. The van der Waals surface area contributed by atoms with Crippen LogP contribution in [-0.2, 0) is 38.4 Å². The lowest BCUT2D eigenvalue weighted by Gasteiger charge is -2.49. The van der Waals surface area contributed by atoms with Crippen molar-refractivity contribution in [2.45, 2.75) is 62.5 Å². The number of carboxylic acids is 1. The molecule has 0 aromatic heterocycles. The van der Waals surface area contributed by atoms with E-state index in [4.69, 9.17) is 9.47 Å². The average Bonchev–Trinajstić information content (AvgIpc) is 3.20. The number of carboxylic acid groups (broad SMARTS) is 1. The number of benzene rings is 1. The van der Waals surface area contributed by atoms with Gasteiger partial charge in [-0.15, -0.1) is 11.8 Å². The first-order valence-corrected chi connectivity index (χ1v) is 15.1. The molecule has 19 heteroatoms. The van der Waals surface area contributed by atoms with E-state index >= 15 is 0 Å². The molecule has 0 radical (unpaired) electrons. The molecule has 7 amide bonds. The van der Waals surface area contributed by atoms with Crippen molar-refractivity contribution in [3.8, 4) is 11.5 Å². The van der Waals surface area contributed by atoms with Crippen LogP contribution in [0.5, 0.6) is 11.5 Å². The Morgan fingerprint density at radius 2 is 1.68 bits per heavy atom. The third kappa shape index (κ3) is 6.05. The molecule has 3 fully saturated rings. The second-order valence-electron chi connectivity index (χ2n) is 11.1. The highest BCUT2D eigenvalue weighted by molar-refractivity contribution is 8.01. The predicted octanol–water partition coefficient (Wildman–Crippen LogP) is -1.32. The highest BCUT2D eigenvalue weighted by Gasteiger charge is 2.74. The molecule has 3 aliphatic rings. The lowest BCUT2D eigenvalue weighted by atomic mass is 9.88.